The Labute approximate surface area is 113 Å². The van der Waals surface area contributed by atoms with Crippen molar-refractivity contribution in [2.24, 2.45) is 0 Å². The zero-order chi connectivity index (χ0) is 13.1. The van der Waals surface area contributed by atoms with Gasteiger partial charge < -0.3 is 4.74 Å². The largest absolute Gasteiger partial charge is 0.379 e. The van der Waals surface area contributed by atoms with E-state index in [-0.39, 0.29) is 0 Å². The van der Waals surface area contributed by atoms with Crippen molar-refractivity contribution in [3.63, 3.8) is 0 Å². The molecule has 0 spiro atoms. The number of aromatic nitrogens is 2. The zero-order valence-electron chi connectivity index (χ0n) is 11.2. The summed E-state index contributed by atoms with van der Waals surface area (Å²) < 4.78 is 5.38. The molecule has 0 unspecified atom stereocenters. The molecular weight excluding hydrogens is 238 g/mol. The van der Waals surface area contributed by atoms with Gasteiger partial charge in [-0.3, -0.25) is 10.00 Å². The number of aromatic amines is 1. The quantitative estimate of drug-likeness (QED) is 0.916. The van der Waals surface area contributed by atoms with Crippen molar-refractivity contribution in [3.8, 4) is 11.3 Å². The molecule has 1 fully saturated rings. The summed E-state index contributed by atoms with van der Waals surface area (Å²) in [6.45, 7) is 6.70. The van der Waals surface area contributed by atoms with E-state index in [1.807, 2.05) is 6.20 Å². The fraction of sp³-hybridized carbons (Fsp3) is 0.400. The lowest BCUT2D eigenvalue weighted by Crippen LogP contribution is -2.35. The molecule has 1 aromatic heterocycles. The van der Waals surface area contributed by atoms with Crippen molar-refractivity contribution in [1.82, 2.24) is 15.1 Å². The molecule has 0 saturated carbocycles. The van der Waals surface area contributed by atoms with Crippen LogP contribution in [0.1, 0.15) is 11.1 Å². The van der Waals surface area contributed by atoms with Gasteiger partial charge in [0.25, 0.3) is 0 Å². The maximum atomic E-state index is 5.38. The minimum atomic E-state index is 0.831. The second-order valence-corrected chi connectivity index (χ2v) is 5.02. The molecule has 0 atom stereocenters. The lowest BCUT2D eigenvalue weighted by Gasteiger charge is -2.26. The van der Waals surface area contributed by atoms with Crippen molar-refractivity contribution in [2.45, 2.75) is 13.5 Å². The number of nitrogens with zero attached hydrogens (tertiary/aromatic N) is 2. The van der Waals surface area contributed by atoms with E-state index in [2.05, 4.69) is 46.3 Å². The number of aryl methyl sites for hydroxylation is 1. The predicted molar refractivity (Wildman–Crippen MR) is 74.9 cm³/mol. The smallest absolute Gasteiger partial charge is 0.0695 e. The Hall–Kier alpha value is -1.65. The van der Waals surface area contributed by atoms with Crippen molar-refractivity contribution in [1.29, 1.82) is 0 Å². The normalized spacial score (nSPS) is 16.7. The summed E-state index contributed by atoms with van der Waals surface area (Å²) in [4.78, 5) is 2.41. The first kappa shape index (κ1) is 12.4. The second kappa shape index (κ2) is 5.55. The molecule has 1 aliphatic rings. The average Bonchev–Trinajstić information content (AvgIpc) is 2.89. The lowest BCUT2D eigenvalue weighted by atomic mass is 10.1. The monoisotopic (exact) mass is 257 g/mol. The molecule has 1 aliphatic heterocycles. The van der Waals surface area contributed by atoms with Crippen LogP contribution in [0, 0.1) is 6.92 Å². The van der Waals surface area contributed by atoms with E-state index in [9.17, 15) is 0 Å². The van der Waals surface area contributed by atoms with Gasteiger partial charge in [0.15, 0.2) is 0 Å². The van der Waals surface area contributed by atoms with Crippen LogP contribution in [0.3, 0.4) is 0 Å². The van der Waals surface area contributed by atoms with E-state index in [1.165, 1.54) is 16.7 Å². The van der Waals surface area contributed by atoms with Crippen LogP contribution in [0.2, 0.25) is 0 Å². The lowest BCUT2D eigenvalue weighted by molar-refractivity contribution is 0.0342. The van der Waals surface area contributed by atoms with Gasteiger partial charge in [0.2, 0.25) is 0 Å². The Bertz CT molecular complexity index is 527. The molecule has 19 heavy (non-hydrogen) atoms. The number of rotatable bonds is 3. The van der Waals surface area contributed by atoms with Gasteiger partial charge in [-0.25, -0.2) is 0 Å². The van der Waals surface area contributed by atoms with Gasteiger partial charge >= 0.3 is 0 Å². The van der Waals surface area contributed by atoms with Crippen LogP contribution in [0.4, 0.5) is 0 Å². The van der Waals surface area contributed by atoms with E-state index >= 15 is 0 Å². The third kappa shape index (κ3) is 2.85. The molecule has 1 aromatic carbocycles. The number of H-pyrrole nitrogens is 1. The molecule has 0 radical (unpaired) electrons. The van der Waals surface area contributed by atoms with E-state index < -0.39 is 0 Å². The van der Waals surface area contributed by atoms with Crippen molar-refractivity contribution in [3.05, 3.63) is 41.6 Å². The van der Waals surface area contributed by atoms with Crippen molar-refractivity contribution < 1.29 is 4.74 Å². The first-order chi connectivity index (χ1) is 9.33. The maximum absolute atomic E-state index is 5.38. The SMILES string of the molecule is Cc1ccc(-c2[nH]ncc2CN2CCOCC2)cc1. The highest BCUT2D eigenvalue weighted by molar-refractivity contribution is 5.62. The summed E-state index contributed by atoms with van der Waals surface area (Å²) >= 11 is 0. The molecule has 2 heterocycles. The average molecular weight is 257 g/mol. The molecule has 100 valence electrons. The van der Waals surface area contributed by atoms with Gasteiger partial charge in [0.05, 0.1) is 25.1 Å². The standard InChI is InChI=1S/C15H19N3O/c1-12-2-4-13(5-3-12)15-14(10-16-17-15)11-18-6-8-19-9-7-18/h2-5,10H,6-9,11H2,1H3,(H,16,17). The molecule has 4 nitrogen and oxygen atoms in total. The summed E-state index contributed by atoms with van der Waals surface area (Å²) in [5.41, 5.74) is 4.86. The Morgan fingerprint density at radius 2 is 1.95 bits per heavy atom. The van der Waals surface area contributed by atoms with Crippen molar-refractivity contribution in [2.75, 3.05) is 26.3 Å². The molecule has 0 amide bonds. The van der Waals surface area contributed by atoms with E-state index in [0.29, 0.717) is 0 Å². The second-order valence-electron chi connectivity index (χ2n) is 5.02. The van der Waals surface area contributed by atoms with Crippen LogP contribution < -0.4 is 0 Å². The number of hydrogen-bond acceptors (Lipinski definition) is 3. The van der Waals surface area contributed by atoms with Crippen LogP contribution in [0.25, 0.3) is 11.3 Å². The molecular formula is C15H19N3O. The summed E-state index contributed by atoms with van der Waals surface area (Å²) in [5, 5.41) is 7.33. The Morgan fingerprint density at radius 1 is 1.21 bits per heavy atom. The molecule has 0 bridgehead atoms. The highest BCUT2D eigenvalue weighted by Crippen LogP contribution is 2.22. The number of benzene rings is 1. The first-order valence-electron chi connectivity index (χ1n) is 6.72. The number of nitrogens with one attached hydrogen (secondary N) is 1. The van der Waals surface area contributed by atoms with E-state index in [0.717, 1.165) is 38.5 Å². The Morgan fingerprint density at radius 3 is 2.68 bits per heavy atom. The van der Waals surface area contributed by atoms with Crippen LogP contribution in [0.15, 0.2) is 30.5 Å². The number of hydrogen-bond donors (Lipinski definition) is 1. The van der Waals surface area contributed by atoms with Gasteiger partial charge in [-0.05, 0) is 12.5 Å². The van der Waals surface area contributed by atoms with E-state index in [4.69, 9.17) is 4.74 Å². The van der Waals surface area contributed by atoms with Gasteiger partial charge in [-0.2, -0.15) is 5.10 Å². The van der Waals surface area contributed by atoms with Crippen LogP contribution in [0.5, 0.6) is 0 Å². The minimum Gasteiger partial charge on any atom is -0.379 e. The molecule has 1 saturated heterocycles. The summed E-state index contributed by atoms with van der Waals surface area (Å²) in [6, 6.07) is 8.56. The third-order valence-corrected chi connectivity index (χ3v) is 3.56. The van der Waals surface area contributed by atoms with Crippen LogP contribution in [-0.4, -0.2) is 41.4 Å². The highest BCUT2D eigenvalue weighted by Gasteiger charge is 2.14. The minimum absolute atomic E-state index is 0.831. The summed E-state index contributed by atoms with van der Waals surface area (Å²) in [7, 11) is 0. The predicted octanol–water partition coefficient (Wildman–Crippen LogP) is 2.22. The Kier molecular flexibility index (Phi) is 3.62. The molecule has 4 heteroatoms. The highest BCUT2D eigenvalue weighted by atomic mass is 16.5. The van der Waals surface area contributed by atoms with E-state index in [1.54, 1.807) is 0 Å². The number of morpholine rings is 1. The zero-order valence-corrected chi connectivity index (χ0v) is 11.2. The fourth-order valence-electron chi connectivity index (χ4n) is 2.40. The maximum Gasteiger partial charge on any atom is 0.0695 e. The molecule has 3 rings (SSSR count). The molecule has 1 N–H and O–H groups in total. The first-order valence-corrected chi connectivity index (χ1v) is 6.72. The Balaban J connectivity index is 1.79. The third-order valence-electron chi connectivity index (χ3n) is 3.56. The number of ether oxygens (including phenoxy) is 1. The molecule has 0 aliphatic carbocycles. The fourth-order valence-corrected chi connectivity index (χ4v) is 2.40. The van der Waals surface area contributed by atoms with Gasteiger partial charge in [-0.15, -0.1) is 0 Å². The molecule has 2 aromatic rings. The van der Waals surface area contributed by atoms with Gasteiger partial charge in [0, 0.05) is 25.2 Å². The van der Waals surface area contributed by atoms with Crippen LogP contribution in [-0.2, 0) is 11.3 Å². The summed E-state index contributed by atoms with van der Waals surface area (Å²) in [5.74, 6) is 0. The van der Waals surface area contributed by atoms with Crippen molar-refractivity contribution >= 4 is 0 Å². The van der Waals surface area contributed by atoms with Gasteiger partial charge in [0.1, 0.15) is 0 Å². The van der Waals surface area contributed by atoms with Crippen LogP contribution >= 0.6 is 0 Å². The topological polar surface area (TPSA) is 41.2 Å². The van der Waals surface area contributed by atoms with Gasteiger partial charge in [-0.1, -0.05) is 29.8 Å². The summed E-state index contributed by atoms with van der Waals surface area (Å²) in [6.07, 6.45) is 1.94.